The Kier molecular flexibility index (Phi) is 4.28. The first-order valence-corrected chi connectivity index (χ1v) is 9.07. The number of H-pyrrole nitrogens is 1. The van der Waals surface area contributed by atoms with E-state index in [4.69, 9.17) is 10.5 Å². The minimum Gasteiger partial charge on any atom is -0.491 e. The fourth-order valence-corrected chi connectivity index (χ4v) is 4.50. The highest BCUT2D eigenvalue weighted by Crippen LogP contribution is 2.50. The lowest BCUT2D eigenvalue weighted by atomic mass is 9.72. The van der Waals surface area contributed by atoms with Gasteiger partial charge in [-0.3, -0.25) is 9.59 Å². The molecule has 1 spiro atoms. The van der Waals surface area contributed by atoms with Crippen molar-refractivity contribution in [1.29, 1.82) is 0 Å². The Morgan fingerprint density at radius 3 is 2.70 bits per heavy atom. The molecule has 1 amide bonds. The van der Waals surface area contributed by atoms with Gasteiger partial charge in [-0.1, -0.05) is 24.3 Å². The average Bonchev–Trinajstić information content (AvgIpc) is 2.90. The summed E-state index contributed by atoms with van der Waals surface area (Å²) in [6.07, 6.45) is 2.00. The number of hydrogen-bond donors (Lipinski definition) is 3. The number of carbonyl (C=O) groups excluding carboxylic acids is 1. The van der Waals surface area contributed by atoms with Crippen LogP contribution in [0, 0.1) is 0 Å². The zero-order valence-electron chi connectivity index (χ0n) is 15.1. The number of methoxy groups -OCH3 is 1. The van der Waals surface area contributed by atoms with Gasteiger partial charge in [0.05, 0.1) is 19.3 Å². The third kappa shape index (κ3) is 2.65. The van der Waals surface area contributed by atoms with Crippen molar-refractivity contribution in [2.24, 2.45) is 5.73 Å². The Hall–Kier alpha value is -2.64. The van der Waals surface area contributed by atoms with Crippen molar-refractivity contribution in [3.05, 3.63) is 63.6 Å². The number of likely N-dealkylation sites (tertiary alicyclic amines) is 1. The molecule has 2 heterocycles. The largest absolute Gasteiger partial charge is 0.491 e. The molecule has 4 N–H and O–H groups in total. The number of aromatic nitrogens is 1. The first kappa shape index (κ1) is 17.8. The number of aliphatic hydroxyl groups is 1. The highest BCUT2D eigenvalue weighted by Gasteiger charge is 2.51. The molecule has 1 aliphatic carbocycles. The summed E-state index contributed by atoms with van der Waals surface area (Å²) in [5, 5.41) is 10.8. The van der Waals surface area contributed by atoms with E-state index >= 15 is 0 Å². The number of nitrogens with two attached hydrogens (primary N) is 1. The number of benzene rings is 1. The fourth-order valence-electron chi connectivity index (χ4n) is 4.50. The average molecular weight is 369 g/mol. The Balaban J connectivity index is 1.55. The van der Waals surface area contributed by atoms with Gasteiger partial charge < -0.3 is 25.5 Å². The molecule has 0 radical (unpaired) electrons. The molecule has 2 aliphatic rings. The Bertz CT molecular complexity index is 931. The topological polar surface area (TPSA) is 109 Å². The molecule has 2 aromatic rings. The fraction of sp³-hybridized carbons (Fsp3) is 0.400. The van der Waals surface area contributed by atoms with Gasteiger partial charge in [0.15, 0.2) is 5.75 Å². The molecule has 1 aliphatic heterocycles. The standard InChI is InChI=1S/C20H23N3O4/c1-27-16-11-22-14(10-15(16)24)19(26)23-8-6-20(7-9-23)13-5-3-2-4-12(13)17(21)18(20)25/h2-5,10-11,17-18,25H,6-9,21H2,1H3,(H,22,24)/t17-,18+/m1/s1. The van der Waals surface area contributed by atoms with Gasteiger partial charge in [-0.05, 0) is 24.0 Å². The second kappa shape index (κ2) is 6.51. The molecule has 142 valence electrons. The minimum atomic E-state index is -0.659. The zero-order chi connectivity index (χ0) is 19.2. The quantitative estimate of drug-likeness (QED) is 0.730. The summed E-state index contributed by atoms with van der Waals surface area (Å²) in [5.74, 6) is -0.0570. The molecule has 0 bridgehead atoms. The van der Waals surface area contributed by atoms with Gasteiger partial charge in [0, 0.05) is 30.8 Å². The zero-order valence-corrected chi connectivity index (χ0v) is 15.1. The van der Waals surface area contributed by atoms with E-state index < -0.39 is 17.6 Å². The number of aromatic amines is 1. The van der Waals surface area contributed by atoms with E-state index in [0.717, 1.165) is 11.1 Å². The van der Waals surface area contributed by atoms with Crippen LogP contribution in [-0.2, 0) is 5.41 Å². The molecular formula is C20H23N3O4. The molecular weight excluding hydrogens is 346 g/mol. The number of nitrogens with one attached hydrogen (secondary N) is 1. The molecule has 1 saturated heterocycles. The Labute approximate surface area is 156 Å². The third-order valence-corrected chi connectivity index (χ3v) is 6.03. The first-order valence-electron chi connectivity index (χ1n) is 9.07. The van der Waals surface area contributed by atoms with Gasteiger partial charge in [0.25, 0.3) is 5.91 Å². The Morgan fingerprint density at radius 2 is 2.04 bits per heavy atom. The molecule has 0 saturated carbocycles. The SMILES string of the molecule is COc1c[nH]c(C(=O)N2CCC3(CC2)c2ccccc2[C@@H](N)[C@@H]3O)cc1=O. The van der Waals surface area contributed by atoms with E-state index in [1.807, 2.05) is 24.3 Å². The van der Waals surface area contributed by atoms with Gasteiger partial charge >= 0.3 is 0 Å². The number of piperidine rings is 1. The number of carbonyl (C=O) groups is 1. The molecule has 1 aromatic heterocycles. The number of fused-ring (bicyclic) bond motifs is 2. The lowest BCUT2D eigenvalue weighted by molar-refractivity contribution is 0.0260. The third-order valence-electron chi connectivity index (χ3n) is 6.03. The smallest absolute Gasteiger partial charge is 0.270 e. The van der Waals surface area contributed by atoms with Crippen molar-refractivity contribution in [3.63, 3.8) is 0 Å². The van der Waals surface area contributed by atoms with Gasteiger partial charge in [0.2, 0.25) is 5.43 Å². The number of pyridine rings is 1. The summed E-state index contributed by atoms with van der Waals surface area (Å²) in [4.78, 5) is 29.2. The first-order chi connectivity index (χ1) is 13.0. The van der Waals surface area contributed by atoms with Crippen LogP contribution in [-0.4, -0.2) is 47.2 Å². The van der Waals surface area contributed by atoms with E-state index in [-0.39, 0.29) is 22.8 Å². The van der Waals surface area contributed by atoms with Crippen molar-refractivity contribution in [3.8, 4) is 5.75 Å². The van der Waals surface area contributed by atoms with Crippen LogP contribution in [0.1, 0.15) is 40.5 Å². The predicted molar refractivity (Wildman–Crippen MR) is 99.8 cm³/mol. The van der Waals surface area contributed by atoms with Crippen molar-refractivity contribution < 1.29 is 14.6 Å². The summed E-state index contributed by atoms with van der Waals surface area (Å²) in [7, 11) is 1.41. The predicted octanol–water partition coefficient (Wildman–Crippen LogP) is 0.932. The molecule has 1 fully saturated rings. The maximum atomic E-state index is 12.8. The Morgan fingerprint density at radius 1 is 1.33 bits per heavy atom. The lowest BCUT2D eigenvalue weighted by Gasteiger charge is -2.42. The minimum absolute atomic E-state index is 0.170. The van der Waals surface area contributed by atoms with E-state index in [9.17, 15) is 14.7 Å². The summed E-state index contributed by atoms with van der Waals surface area (Å²) in [5.41, 5.74) is 7.81. The van der Waals surface area contributed by atoms with Gasteiger partial charge in [0.1, 0.15) is 5.69 Å². The summed E-state index contributed by atoms with van der Waals surface area (Å²) >= 11 is 0. The van der Waals surface area contributed by atoms with Crippen LogP contribution in [0.15, 0.2) is 41.3 Å². The van der Waals surface area contributed by atoms with Crippen molar-refractivity contribution >= 4 is 5.91 Å². The van der Waals surface area contributed by atoms with E-state index in [0.29, 0.717) is 25.9 Å². The van der Waals surface area contributed by atoms with Gasteiger partial charge in [-0.15, -0.1) is 0 Å². The number of rotatable bonds is 2. The molecule has 27 heavy (non-hydrogen) atoms. The number of hydrogen-bond acceptors (Lipinski definition) is 5. The van der Waals surface area contributed by atoms with Gasteiger partial charge in [-0.2, -0.15) is 0 Å². The van der Waals surface area contributed by atoms with Crippen LogP contribution < -0.4 is 15.9 Å². The highest BCUT2D eigenvalue weighted by atomic mass is 16.5. The van der Waals surface area contributed by atoms with Crippen LogP contribution in [0.5, 0.6) is 5.75 Å². The second-order valence-electron chi connectivity index (χ2n) is 7.29. The van der Waals surface area contributed by atoms with E-state index in [1.165, 1.54) is 19.4 Å². The number of amides is 1. The van der Waals surface area contributed by atoms with Crippen molar-refractivity contribution in [2.75, 3.05) is 20.2 Å². The van der Waals surface area contributed by atoms with Gasteiger partial charge in [-0.25, -0.2) is 0 Å². The maximum Gasteiger partial charge on any atom is 0.270 e. The van der Waals surface area contributed by atoms with Crippen molar-refractivity contribution in [1.82, 2.24) is 9.88 Å². The van der Waals surface area contributed by atoms with E-state index in [1.54, 1.807) is 4.90 Å². The second-order valence-corrected chi connectivity index (χ2v) is 7.29. The summed E-state index contributed by atoms with van der Waals surface area (Å²) < 4.78 is 4.94. The number of nitrogens with zero attached hydrogens (tertiary/aromatic N) is 1. The van der Waals surface area contributed by atoms with Crippen LogP contribution >= 0.6 is 0 Å². The molecule has 1 aromatic carbocycles. The summed E-state index contributed by atoms with van der Waals surface area (Å²) in [6.45, 7) is 0.982. The number of ether oxygens (including phenoxy) is 1. The molecule has 0 unspecified atom stereocenters. The number of aliphatic hydroxyl groups excluding tert-OH is 1. The normalized spacial score (nSPS) is 23.3. The molecule has 4 rings (SSSR count). The molecule has 2 atom stereocenters. The molecule has 7 nitrogen and oxygen atoms in total. The lowest BCUT2D eigenvalue weighted by Crippen LogP contribution is -2.50. The van der Waals surface area contributed by atoms with Crippen LogP contribution in [0.4, 0.5) is 0 Å². The highest BCUT2D eigenvalue weighted by molar-refractivity contribution is 5.92. The van der Waals surface area contributed by atoms with Crippen LogP contribution in [0.25, 0.3) is 0 Å². The van der Waals surface area contributed by atoms with Crippen LogP contribution in [0.3, 0.4) is 0 Å². The monoisotopic (exact) mass is 369 g/mol. The summed E-state index contributed by atoms with van der Waals surface area (Å²) in [6, 6.07) is 8.76. The molecule has 7 heteroatoms. The van der Waals surface area contributed by atoms with Crippen LogP contribution in [0.2, 0.25) is 0 Å². The van der Waals surface area contributed by atoms with Crippen molar-refractivity contribution in [2.45, 2.75) is 30.4 Å². The van der Waals surface area contributed by atoms with E-state index in [2.05, 4.69) is 4.98 Å². The maximum absolute atomic E-state index is 12.8.